The topological polar surface area (TPSA) is 46.5 Å². The molecule has 122 valence electrons. The lowest BCUT2D eigenvalue weighted by Gasteiger charge is -2.39. The number of carbonyl (C=O) groups is 1. The zero-order valence-electron chi connectivity index (χ0n) is 15.1. The van der Waals surface area contributed by atoms with Crippen molar-refractivity contribution >= 4 is 16.2 Å². The van der Waals surface area contributed by atoms with Crippen molar-refractivity contribution in [1.82, 2.24) is 0 Å². The van der Waals surface area contributed by atoms with Crippen LogP contribution in [0.15, 0.2) is 0 Å². The first kappa shape index (κ1) is 20.2. The third kappa shape index (κ3) is 5.84. The van der Waals surface area contributed by atoms with E-state index < -0.39 is 10.6 Å². The van der Waals surface area contributed by atoms with Crippen LogP contribution in [-0.4, -0.2) is 33.0 Å². The molecule has 0 radical (unpaired) electrons. The van der Waals surface area contributed by atoms with Gasteiger partial charge in [-0.15, -0.1) is 0 Å². The van der Waals surface area contributed by atoms with Gasteiger partial charge in [-0.3, -0.25) is 4.79 Å². The number of rotatable bonds is 5. The summed E-state index contributed by atoms with van der Waals surface area (Å²) in [6.07, 6.45) is -0.125. The molecule has 0 spiro atoms. The fraction of sp³-hybridized carbons (Fsp3) is 0.824. The normalized spacial score (nSPS) is 16.6. The molecule has 0 aromatic rings. The molecule has 0 rings (SSSR count). The molecule has 0 fully saturated rings. The average Bonchev–Trinajstić information content (AvgIpc) is 2.25. The fourth-order valence-corrected chi connectivity index (χ4v) is 3.26. The predicted octanol–water partition coefficient (Wildman–Crippen LogP) is 2.16. The molecule has 3 nitrogen and oxygen atoms in total. The van der Waals surface area contributed by atoms with Crippen LogP contribution in [0.3, 0.4) is 0 Å². The summed E-state index contributed by atoms with van der Waals surface area (Å²) in [4.78, 5) is 12.7. The van der Waals surface area contributed by atoms with Gasteiger partial charge in [-0.1, -0.05) is 39.5 Å². The Bertz CT molecular complexity index is 410. The van der Waals surface area contributed by atoms with Gasteiger partial charge in [0, 0.05) is 16.2 Å². The minimum absolute atomic E-state index is 0.109. The minimum atomic E-state index is -1.05. The fourth-order valence-electron chi connectivity index (χ4n) is 2.33. The van der Waals surface area contributed by atoms with Gasteiger partial charge in [-0.25, -0.2) is 0 Å². The molecular formula is C17H32O3Si. The van der Waals surface area contributed by atoms with Gasteiger partial charge in [0.2, 0.25) is 0 Å². The van der Waals surface area contributed by atoms with Crippen molar-refractivity contribution in [1.29, 1.82) is 0 Å². The van der Waals surface area contributed by atoms with Gasteiger partial charge in [0.1, 0.15) is 5.60 Å². The van der Waals surface area contributed by atoms with E-state index in [1.165, 1.54) is 0 Å². The van der Waals surface area contributed by atoms with Crippen LogP contribution in [0.25, 0.3) is 0 Å². The highest BCUT2D eigenvalue weighted by atomic mass is 28.1. The number of hydrogen-bond acceptors (Lipinski definition) is 3. The van der Waals surface area contributed by atoms with Crippen LogP contribution in [0, 0.1) is 29.6 Å². The number of hydrogen-bond donors (Lipinski definition) is 1. The van der Waals surface area contributed by atoms with Gasteiger partial charge in [-0.05, 0) is 39.5 Å². The monoisotopic (exact) mass is 312 g/mol. The summed E-state index contributed by atoms with van der Waals surface area (Å²) in [5.74, 6) is 6.18. The van der Waals surface area contributed by atoms with Crippen LogP contribution in [0.5, 0.6) is 0 Å². The van der Waals surface area contributed by atoms with E-state index in [1.54, 1.807) is 13.8 Å². The van der Waals surface area contributed by atoms with E-state index in [2.05, 4.69) is 39.5 Å². The largest absolute Gasteiger partial charge is 0.463 e. The van der Waals surface area contributed by atoms with E-state index in [1.807, 2.05) is 13.8 Å². The van der Waals surface area contributed by atoms with Crippen LogP contribution in [0.2, 0.25) is 5.04 Å². The summed E-state index contributed by atoms with van der Waals surface area (Å²) < 4.78 is 5.51. The van der Waals surface area contributed by atoms with Gasteiger partial charge < -0.3 is 9.84 Å². The highest BCUT2D eigenvalue weighted by molar-refractivity contribution is 6.27. The molecule has 2 atom stereocenters. The second kappa shape index (κ2) is 7.46. The van der Waals surface area contributed by atoms with Gasteiger partial charge in [-0.2, -0.15) is 0 Å². The van der Waals surface area contributed by atoms with Gasteiger partial charge >= 0.3 is 5.97 Å². The van der Waals surface area contributed by atoms with Crippen molar-refractivity contribution in [2.45, 2.75) is 72.1 Å². The summed E-state index contributed by atoms with van der Waals surface area (Å²) >= 11 is 0. The van der Waals surface area contributed by atoms with Gasteiger partial charge in [0.05, 0.1) is 11.1 Å². The molecule has 0 aromatic heterocycles. The Labute approximate surface area is 133 Å². The lowest BCUT2D eigenvalue weighted by atomic mass is 9.76. The molecule has 0 aliphatic carbocycles. The molecule has 0 bridgehead atoms. The van der Waals surface area contributed by atoms with Crippen LogP contribution >= 0.6 is 0 Å². The smallest absolute Gasteiger partial charge is 0.309 e. The van der Waals surface area contributed by atoms with Gasteiger partial charge in [0.15, 0.2) is 0 Å². The number of esters is 1. The third-order valence-electron chi connectivity index (χ3n) is 3.83. The SMILES string of the molecule is CC(C)OC(=O)C([SiH3])(C(C)C)C(C#CC(C)(C)O)C(C)C. The Kier molecular flexibility index (Phi) is 7.18. The summed E-state index contributed by atoms with van der Waals surface area (Å²) in [7, 11) is 0.666. The Morgan fingerprint density at radius 1 is 1.14 bits per heavy atom. The highest BCUT2D eigenvalue weighted by Gasteiger charge is 2.46. The zero-order chi connectivity index (χ0) is 17.0. The van der Waals surface area contributed by atoms with Crippen molar-refractivity contribution in [3.8, 4) is 11.8 Å². The lowest BCUT2D eigenvalue weighted by Crippen LogP contribution is -2.41. The average molecular weight is 313 g/mol. The summed E-state index contributed by atoms with van der Waals surface area (Å²) in [5, 5.41) is 9.30. The van der Waals surface area contributed by atoms with Crippen molar-refractivity contribution in [3.05, 3.63) is 0 Å². The molecule has 0 amide bonds. The molecule has 0 saturated heterocycles. The van der Waals surface area contributed by atoms with E-state index in [9.17, 15) is 9.90 Å². The summed E-state index contributed by atoms with van der Waals surface area (Å²) in [6, 6.07) is 0. The molecule has 2 unspecified atom stereocenters. The van der Waals surface area contributed by atoms with Crippen LogP contribution in [0.4, 0.5) is 0 Å². The maximum atomic E-state index is 12.7. The standard InChI is InChI=1S/C17H32O3Si/c1-11(2)14(9-10-16(7,8)19)17(21,12(3)4)15(18)20-13(5)6/h11-14,19H,1-8,21H3. The molecule has 0 aliphatic heterocycles. The second-order valence-corrected chi connectivity index (χ2v) is 9.10. The first-order valence-electron chi connectivity index (χ1n) is 7.78. The molecular weight excluding hydrogens is 280 g/mol. The molecule has 1 N–H and O–H groups in total. The van der Waals surface area contributed by atoms with E-state index >= 15 is 0 Å². The van der Waals surface area contributed by atoms with E-state index in [0.717, 1.165) is 0 Å². The Hall–Kier alpha value is -0.793. The second-order valence-electron chi connectivity index (χ2n) is 7.44. The molecule has 0 heterocycles. The maximum Gasteiger partial charge on any atom is 0.309 e. The Morgan fingerprint density at radius 2 is 1.62 bits per heavy atom. The van der Waals surface area contributed by atoms with Crippen LogP contribution in [-0.2, 0) is 9.53 Å². The van der Waals surface area contributed by atoms with E-state index in [4.69, 9.17) is 4.74 Å². The third-order valence-corrected chi connectivity index (χ3v) is 6.01. The maximum absolute atomic E-state index is 12.7. The number of carbonyl (C=O) groups excluding carboxylic acids is 1. The number of aliphatic hydroxyl groups is 1. The molecule has 21 heavy (non-hydrogen) atoms. The first-order chi connectivity index (χ1) is 9.32. The van der Waals surface area contributed by atoms with Crippen LogP contribution < -0.4 is 0 Å². The van der Waals surface area contributed by atoms with Crippen molar-refractivity contribution in [3.63, 3.8) is 0 Å². The van der Waals surface area contributed by atoms with E-state index in [-0.39, 0.29) is 29.8 Å². The quantitative estimate of drug-likeness (QED) is 0.481. The molecule has 0 aromatic carbocycles. The predicted molar refractivity (Wildman–Crippen MR) is 91.1 cm³/mol. The van der Waals surface area contributed by atoms with Crippen LogP contribution in [0.1, 0.15) is 55.4 Å². The molecule has 0 aliphatic rings. The minimum Gasteiger partial charge on any atom is -0.463 e. The summed E-state index contributed by atoms with van der Waals surface area (Å²) in [6.45, 7) is 15.3. The van der Waals surface area contributed by atoms with Crippen molar-refractivity contribution < 1.29 is 14.6 Å². The highest BCUT2D eigenvalue weighted by Crippen LogP contribution is 2.45. The first-order valence-corrected chi connectivity index (χ1v) is 8.78. The van der Waals surface area contributed by atoms with Gasteiger partial charge in [0.25, 0.3) is 0 Å². The number of ether oxygens (including phenoxy) is 1. The zero-order valence-corrected chi connectivity index (χ0v) is 17.1. The van der Waals surface area contributed by atoms with Crippen molar-refractivity contribution in [2.24, 2.45) is 17.8 Å². The molecule has 0 saturated carbocycles. The molecule has 4 heteroatoms. The Balaban J connectivity index is 5.74. The summed E-state index contributed by atoms with van der Waals surface area (Å²) in [5.41, 5.74) is -1.05. The van der Waals surface area contributed by atoms with Crippen molar-refractivity contribution in [2.75, 3.05) is 0 Å². The van der Waals surface area contributed by atoms with E-state index in [0.29, 0.717) is 10.2 Å². The Morgan fingerprint density at radius 3 is 1.90 bits per heavy atom. The lowest BCUT2D eigenvalue weighted by molar-refractivity contribution is -0.154.